The first-order valence-corrected chi connectivity index (χ1v) is 9.41. The quantitative estimate of drug-likeness (QED) is 0.750. The summed E-state index contributed by atoms with van der Waals surface area (Å²) >= 11 is 0. The molecule has 1 saturated heterocycles. The Morgan fingerprint density at radius 1 is 1.19 bits per heavy atom. The normalized spacial score (nSPS) is 15.5. The lowest BCUT2D eigenvalue weighted by Crippen LogP contribution is -2.32. The van der Waals surface area contributed by atoms with Gasteiger partial charge in [0, 0.05) is 17.7 Å². The van der Waals surface area contributed by atoms with E-state index in [0.29, 0.717) is 18.3 Å². The predicted molar refractivity (Wildman–Crippen MR) is 114 cm³/mol. The lowest BCUT2D eigenvalue weighted by Gasteiger charge is -2.27. The van der Waals surface area contributed by atoms with E-state index in [9.17, 15) is 4.79 Å². The Kier molecular flexibility index (Phi) is 8.14. The summed E-state index contributed by atoms with van der Waals surface area (Å²) in [4.78, 5) is 12.5. The molecule has 1 amide bonds. The lowest BCUT2D eigenvalue weighted by molar-refractivity contribution is -0.117. The fourth-order valence-electron chi connectivity index (χ4n) is 3.73. The Hall–Kier alpha value is -2.04. The molecule has 0 bridgehead atoms. The van der Waals surface area contributed by atoms with E-state index in [2.05, 4.69) is 17.6 Å². The van der Waals surface area contributed by atoms with E-state index in [1.165, 1.54) is 0 Å². The number of benzene rings is 2. The molecule has 2 aromatic rings. The van der Waals surface area contributed by atoms with Crippen molar-refractivity contribution in [1.29, 1.82) is 0 Å². The van der Waals surface area contributed by atoms with E-state index in [1.807, 2.05) is 48.5 Å². The van der Waals surface area contributed by atoms with Gasteiger partial charge in [-0.25, -0.2) is 0 Å². The Balaban J connectivity index is 0.00000261. The second-order valence-electron chi connectivity index (χ2n) is 7.10. The zero-order chi connectivity index (χ0) is 18.4. The summed E-state index contributed by atoms with van der Waals surface area (Å²) in [6.45, 7) is 4.33. The minimum absolute atomic E-state index is 0. The van der Waals surface area contributed by atoms with Crippen molar-refractivity contribution in [2.24, 2.45) is 11.8 Å². The number of ether oxygens (including phenoxy) is 1. The highest BCUT2D eigenvalue weighted by Gasteiger charge is 2.22. The van der Waals surface area contributed by atoms with Crippen molar-refractivity contribution in [2.75, 3.05) is 25.5 Å². The van der Waals surface area contributed by atoms with Crippen LogP contribution in [0, 0.1) is 11.8 Å². The molecule has 1 unspecified atom stereocenters. The molecule has 0 radical (unpaired) electrons. The average Bonchev–Trinajstić information content (AvgIpc) is 2.68. The van der Waals surface area contributed by atoms with Gasteiger partial charge in [-0.15, -0.1) is 12.4 Å². The summed E-state index contributed by atoms with van der Waals surface area (Å²) in [5.41, 5.74) is 2.89. The van der Waals surface area contributed by atoms with Gasteiger partial charge in [0.25, 0.3) is 0 Å². The van der Waals surface area contributed by atoms with Crippen LogP contribution in [0.15, 0.2) is 48.5 Å². The molecule has 0 saturated carbocycles. The number of methoxy groups -OCH3 is 1. The summed E-state index contributed by atoms with van der Waals surface area (Å²) in [5.74, 6) is 1.97. The molecule has 0 aromatic heterocycles. The molecule has 1 heterocycles. The number of para-hydroxylation sites is 1. The molecule has 27 heavy (non-hydrogen) atoms. The van der Waals surface area contributed by atoms with Crippen molar-refractivity contribution in [2.45, 2.75) is 26.2 Å². The average molecular weight is 389 g/mol. The minimum atomic E-state index is 0. The number of rotatable bonds is 6. The monoisotopic (exact) mass is 388 g/mol. The highest BCUT2D eigenvalue weighted by atomic mass is 35.5. The number of halogens is 1. The van der Waals surface area contributed by atoms with Gasteiger partial charge >= 0.3 is 0 Å². The van der Waals surface area contributed by atoms with Crippen molar-refractivity contribution in [3.05, 3.63) is 48.5 Å². The van der Waals surface area contributed by atoms with E-state index in [0.717, 1.165) is 48.5 Å². The first-order chi connectivity index (χ1) is 12.7. The topological polar surface area (TPSA) is 50.4 Å². The van der Waals surface area contributed by atoms with Crippen molar-refractivity contribution in [3.8, 4) is 16.9 Å². The molecule has 1 aliphatic rings. The Morgan fingerprint density at radius 2 is 1.93 bits per heavy atom. The van der Waals surface area contributed by atoms with Gasteiger partial charge in [-0.05, 0) is 61.5 Å². The van der Waals surface area contributed by atoms with Gasteiger partial charge in [-0.1, -0.05) is 37.3 Å². The summed E-state index contributed by atoms with van der Waals surface area (Å²) in [7, 11) is 1.67. The van der Waals surface area contributed by atoms with E-state index in [-0.39, 0.29) is 18.3 Å². The maximum atomic E-state index is 12.5. The van der Waals surface area contributed by atoms with Crippen LogP contribution in [0.4, 0.5) is 5.69 Å². The number of nitrogens with one attached hydrogen (secondary N) is 2. The third-order valence-electron chi connectivity index (χ3n) is 5.26. The maximum absolute atomic E-state index is 12.5. The van der Waals surface area contributed by atoms with Crippen LogP contribution in [0.3, 0.4) is 0 Å². The molecule has 1 atom stereocenters. The number of carbonyl (C=O) groups excluding carboxylic acids is 1. The zero-order valence-electron chi connectivity index (χ0n) is 16.0. The van der Waals surface area contributed by atoms with Gasteiger partial charge in [0.2, 0.25) is 5.91 Å². The molecule has 5 heteroatoms. The molecule has 3 rings (SSSR count). The molecule has 1 fully saturated rings. The second-order valence-corrected chi connectivity index (χ2v) is 7.10. The van der Waals surface area contributed by atoms with E-state index in [1.54, 1.807) is 7.11 Å². The molecule has 4 nitrogen and oxygen atoms in total. The predicted octanol–water partition coefficient (Wildman–Crippen LogP) is 4.75. The molecular weight excluding hydrogens is 360 g/mol. The number of hydrogen-bond acceptors (Lipinski definition) is 3. The summed E-state index contributed by atoms with van der Waals surface area (Å²) in [6, 6.07) is 15.9. The molecule has 2 N–H and O–H groups in total. The molecule has 146 valence electrons. The summed E-state index contributed by atoms with van der Waals surface area (Å²) in [5, 5.41) is 6.45. The Bertz CT molecular complexity index is 745. The molecule has 0 spiro atoms. The van der Waals surface area contributed by atoms with Crippen LogP contribution in [0.1, 0.15) is 26.2 Å². The molecular formula is C22H29ClN2O2. The largest absolute Gasteiger partial charge is 0.496 e. The fraction of sp³-hybridized carbons (Fsp3) is 0.409. The van der Waals surface area contributed by atoms with Gasteiger partial charge in [0.05, 0.1) is 7.11 Å². The van der Waals surface area contributed by atoms with E-state index >= 15 is 0 Å². The fourth-order valence-corrected chi connectivity index (χ4v) is 3.73. The van der Waals surface area contributed by atoms with Gasteiger partial charge in [-0.2, -0.15) is 0 Å². The van der Waals surface area contributed by atoms with Gasteiger partial charge in [-0.3, -0.25) is 4.79 Å². The Labute approximate surface area is 168 Å². The second kappa shape index (κ2) is 10.3. The number of carbonyl (C=O) groups is 1. The van der Waals surface area contributed by atoms with Crippen molar-refractivity contribution >= 4 is 24.0 Å². The number of piperidine rings is 1. The first kappa shape index (κ1) is 21.3. The highest BCUT2D eigenvalue weighted by Crippen LogP contribution is 2.31. The van der Waals surface area contributed by atoms with Crippen LogP contribution in [0.5, 0.6) is 5.75 Å². The first-order valence-electron chi connectivity index (χ1n) is 9.41. The summed E-state index contributed by atoms with van der Waals surface area (Å²) in [6.07, 6.45) is 2.90. The van der Waals surface area contributed by atoms with Gasteiger partial charge in [0.1, 0.15) is 5.75 Å². The van der Waals surface area contributed by atoms with Crippen LogP contribution in [0.25, 0.3) is 11.1 Å². The molecule has 1 aliphatic heterocycles. The third kappa shape index (κ3) is 5.72. The maximum Gasteiger partial charge on any atom is 0.224 e. The van der Waals surface area contributed by atoms with Crippen LogP contribution in [-0.2, 0) is 4.79 Å². The van der Waals surface area contributed by atoms with E-state index < -0.39 is 0 Å². The van der Waals surface area contributed by atoms with Crippen molar-refractivity contribution in [3.63, 3.8) is 0 Å². The lowest BCUT2D eigenvalue weighted by atomic mass is 9.84. The zero-order valence-corrected chi connectivity index (χ0v) is 16.9. The summed E-state index contributed by atoms with van der Waals surface area (Å²) < 4.78 is 5.45. The minimum Gasteiger partial charge on any atom is -0.496 e. The number of amides is 1. The van der Waals surface area contributed by atoms with E-state index in [4.69, 9.17) is 4.74 Å². The SMILES string of the molecule is COc1ccccc1-c1cccc(NC(=O)CC(C)C2CCNCC2)c1.Cl. The van der Waals surface area contributed by atoms with Gasteiger partial charge in [0.15, 0.2) is 0 Å². The Morgan fingerprint density at radius 3 is 2.67 bits per heavy atom. The number of hydrogen-bond donors (Lipinski definition) is 2. The van der Waals surface area contributed by atoms with Crippen LogP contribution >= 0.6 is 12.4 Å². The van der Waals surface area contributed by atoms with Crippen LogP contribution in [-0.4, -0.2) is 26.1 Å². The van der Waals surface area contributed by atoms with Crippen molar-refractivity contribution < 1.29 is 9.53 Å². The third-order valence-corrected chi connectivity index (χ3v) is 5.26. The highest BCUT2D eigenvalue weighted by molar-refractivity contribution is 5.91. The smallest absolute Gasteiger partial charge is 0.224 e. The van der Waals surface area contributed by atoms with Crippen LogP contribution < -0.4 is 15.4 Å². The van der Waals surface area contributed by atoms with Crippen LogP contribution in [0.2, 0.25) is 0 Å². The molecule has 2 aromatic carbocycles. The molecule has 0 aliphatic carbocycles. The standard InChI is InChI=1S/C22H28N2O2.ClH/c1-16(17-10-12-23-13-11-17)14-22(25)24-19-7-5-6-18(15-19)20-8-3-4-9-21(20)26-2;/h3-9,15-17,23H,10-14H2,1-2H3,(H,24,25);1H. The van der Waals surface area contributed by atoms with Gasteiger partial charge < -0.3 is 15.4 Å². The number of anilines is 1. The van der Waals surface area contributed by atoms with Crippen molar-refractivity contribution in [1.82, 2.24) is 5.32 Å².